The summed E-state index contributed by atoms with van der Waals surface area (Å²) in [5.74, 6) is -0.613. The van der Waals surface area contributed by atoms with Gasteiger partial charge in [-0.05, 0) is 36.7 Å². The van der Waals surface area contributed by atoms with Gasteiger partial charge in [-0.2, -0.15) is 0 Å². The van der Waals surface area contributed by atoms with Gasteiger partial charge >= 0.3 is 0 Å². The van der Waals surface area contributed by atoms with E-state index in [1.54, 1.807) is 0 Å². The molecule has 0 amide bonds. The summed E-state index contributed by atoms with van der Waals surface area (Å²) < 4.78 is 20.8. The van der Waals surface area contributed by atoms with Crippen LogP contribution in [0.2, 0.25) is 5.15 Å². The molecule has 22 heavy (non-hydrogen) atoms. The molecular formula is C14H15BrClN3O3. The van der Waals surface area contributed by atoms with Crippen LogP contribution in [0.15, 0.2) is 17.0 Å². The molecule has 2 saturated heterocycles. The summed E-state index contributed by atoms with van der Waals surface area (Å²) in [6.07, 6.45) is 2.67. The van der Waals surface area contributed by atoms with Gasteiger partial charge in [-0.3, -0.25) is 0 Å². The number of hydrogen-bond donors (Lipinski definition) is 0. The maximum Gasteiger partial charge on any atom is 0.164 e. The Morgan fingerprint density at radius 3 is 2.77 bits per heavy atom. The molecule has 0 spiro atoms. The lowest BCUT2D eigenvalue weighted by Crippen LogP contribution is -2.27. The summed E-state index contributed by atoms with van der Waals surface area (Å²) in [4.78, 5) is 8.37. The number of rotatable bonds is 1. The van der Waals surface area contributed by atoms with Crippen LogP contribution in [0.25, 0.3) is 11.0 Å². The van der Waals surface area contributed by atoms with Crippen molar-refractivity contribution in [2.24, 2.45) is 0 Å². The van der Waals surface area contributed by atoms with Gasteiger partial charge in [0.05, 0.1) is 11.5 Å². The zero-order valence-electron chi connectivity index (χ0n) is 12.3. The maximum atomic E-state index is 6.18. The first-order valence-corrected chi connectivity index (χ1v) is 8.22. The van der Waals surface area contributed by atoms with Crippen molar-refractivity contribution in [3.05, 3.63) is 22.1 Å². The van der Waals surface area contributed by atoms with Crippen molar-refractivity contribution in [3.63, 3.8) is 0 Å². The SMILES string of the molecule is C[C@@H]1O[C@@H](n2cc(Br)c3c(Cl)ncnc32)[C@@H]2OC(C)(C)O[C@@H]21. The average Bonchev–Trinajstić information content (AvgIpc) is 3.02. The zero-order valence-corrected chi connectivity index (χ0v) is 14.6. The summed E-state index contributed by atoms with van der Waals surface area (Å²) in [7, 11) is 0. The Hall–Kier alpha value is -0.730. The average molecular weight is 389 g/mol. The molecule has 2 aromatic rings. The fourth-order valence-electron chi connectivity index (χ4n) is 3.20. The number of nitrogens with zero attached hydrogens (tertiary/aromatic N) is 3. The summed E-state index contributed by atoms with van der Waals surface area (Å²) in [5, 5.41) is 1.17. The van der Waals surface area contributed by atoms with E-state index in [0.29, 0.717) is 10.8 Å². The molecule has 0 unspecified atom stereocenters. The van der Waals surface area contributed by atoms with Crippen molar-refractivity contribution in [2.75, 3.05) is 0 Å². The molecule has 0 aliphatic carbocycles. The van der Waals surface area contributed by atoms with Crippen molar-refractivity contribution in [1.82, 2.24) is 14.5 Å². The van der Waals surface area contributed by atoms with Crippen LogP contribution >= 0.6 is 27.5 Å². The van der Waals surface area contributed by atoms with Gasteiger partial charge in [-0.25, -0.2) is 9.97 Å². The van der Waals surface area contributed by atoms with E-state index in [4.69, 9.17) is 25.8 Å². The number of aromatic nitrogens is 3. The lowest BCUT2D eigenvalue weighted by Gasteiger charge is -2.24. The molecule has 118 valence electrons. The van der Waals surface area contributed by atoms with Crippen molar-refractivity contribution in [1.29, 1.82) is 0 Å². The van der Waals surface area contributed by atoms with Crippen LogP contribution in [-0.4, -0.2) is 38.6 Å². The van der Waals surface area contributed by atoms with Gasteiger partial charge < -0.3 is 18.8 Å². The normalized spacial score (nSPS) is 33.5. The highest BCUT2D eigenvalue weighted by molar-refractivity contribution is 9.10. The van der Waals surface area contributed by atoms with Crippen molar-refractivity contribution in [3.8, 4) is 0 Å². The third-order valence-corrected chi connectivity index (χ3v) is 4.94. The molecular weight excluding hydrogens is 374 g/mol. The Bertz CT molecular complexity index is 750. The van der Waals surface area contributed by atoms with E-state index in [-0.39, 0.29) is 24.5 Å². The van der Waals surface area contributed by atoms with Crippen LogP contribution in [-0.2, 0) is 14.2 Å². The van der Waals surface area contributed by atoms with E-state index in [0.717, 1.165) is 9.86 Å². The Balaban J connectivity index is 1.81. The Kier molecular flexibility index (Phi) is 3.29. The molecule has 2 aromatic heterocycles. The molecule has 4 atom stereocenters. The summed E-state index contributed by atoms with van der Waals surface area (Å²) in [6.45, 7) is 5.82. The largest absolute Gasteiger partial charge is 0.349 e. The highest BCUT2D eigenvalue weighted by Crippen LogP contribution is 2.44. The molecule has 0 saturated carbocycles. The maximum absolute atomic E-state index is 6.18. The molecule has 4 heterocycles. The first-order valence-electron chi connectivity index (χ1n) is 7.05. The van der Waals surface area contributed by atoms with E-state index in [9.17, 15) is 0 Å². The number of halogens is 2. The van der Waals surface area contributed by atoms with E-state index in [2.05, 4.69) is 25.9 Å². The number of fused-ring (bicyclic) bond motifs is 2. The number of ether oxygens (including phenoxy) is 3. The van der Waals surface area contributed by atoms with Crippen LogP contribution in [0, 0.1) is 0 Å². The Morgan fingerprint density at radius 1 is 1.27 bits per heavy atom. The molecule has 6 nitrogen and oxygen atoms in total. The van der Waals surface area contributed by atoms with E-state index >= 15 is 0 Å². The van der Waals surface area contributed by atoms with Gasteiger partial charge in [0.15, 0.2) is 12.0 Å². The summed E-state index contributed by atoms with van der Waals surface area (Å²) >= 11 is 9.69. The second-order valence-corrected chi connectivity index (χ2v) is 7.26. The van der Waals surface area contributed by atoms with Gasteiger partial charge in [0.2, 0.25) is 0 Å². The highest BCUT2D eigenvalue weighted by Gasteiger charge is 2.54. The zero-order chi connectivity index (χ0) is 15.6. The number of hydrogen-bond acceptors (Lipinski definition) is 5. The van der Waals surface area contributed by atoms with Crippen LogP contribution in [0.4, 0.5) is 0 Å². The van der Waals surface area contributed by atoms with Crippen molar-refractivity contribution in [2.45, 2.75) is 51.1 Å². The molecule has 4 rings (SSSR count). The van der Waals surface area contributed by atoms with Crippen LogP contribution in [0.1, 0.15) is 27.0 Å². The first-order chi connectivity index (χ1) is 10.4. The predicted molar refractivity (Wildman–Crippen MR) is 83.6 cm³/mol. The molecule has 0 bridgehead atoms. The van der Waals surface area contributed by atoms with Crippen molar-refractivity contribution >= 4 is 38.6 Å². The quantitative estimate of drug-likeness (QED) is 0.702. The lowest BCUT2D eigenvalue weighted by molar-refractivity contribution is -0.194. The fourth-order valence-corrected chi connectivity index (χ4v) is 4.13. The van der Waals surface area contributed by atoms with E-state index in [1.165, 1.54) is 6.33 Å². The highest BCUT2D eigenvalue weighted by atomic mass is 79.9. The minimum absolute atomic E-state index is 0.0645. The van der Waals surface area contributed by atoms with Gasteiger partial charge in [-0.15, -0.1) is 0 Å². The predicted octanol–water partition coefficient (Wildman–Crippen LogP) is 3.28. The van der Waals surface area contributed by atoms with E-state index < -0.39 is 5.79 Å². The molecule has 2 aliphatic rings. The first kappa shape index (κ1) is 14.8. The topological polar surface area (TPSA) is 58.4 Å². The smallest absolute Gasteiger partial charge is 0.164 e. The minimum atomic E-state index is -0.613. The Labute approximate surface area is 140 Å². The third kappa shape index (κ3) is 2.11. The summed E-state index contributed by atoms with van der Waals surface area (Å²) in [5.41, 5.74) is 0.707. The van der Waals surface area contributed by atoms with Gasteiger partial charge in [0, 0.05) is 10.7 Å². The Morgan fingerprint density at radius 2 is 2.00 bits per heavy atom. The second kappa shape index (κ2) is 4.88. The second-order valence-electron chi connectivity index (χ2n) is 6.04. The molecule has 2 fully saturated rings. The van der Waals surface area contributed by atoms with E-state index in [1.807, 2.05) is 31.5 Å². The molecule has 0 N–H and O–H groups in total. The molecule has 2 aliphatic heterocycles. The minimum Gasteiger partial charge on any atom is -0.349 e. The van der Waals surface area contributed by atoms with Gasteiger partial charge in [0.1, 0.15) is 29.3 Å². The summed E-state index contributed by atoms with van der Waals surface area (Å²) in [6, 6.07) is 0. The molecule has 0 aromatic carbocycles. The van der Waals surface area contributed by atoms with Crippen LogP contribution in [0.5, 0.6) is 0 Å². The van der Waals surface area contributed by atoms with Gasteiger partial charge in [-0.1, -0.05) is 11.6 Å². The molecule has 8 heteroatoms. The fraction of sp³-hybridized carbons (Fsp3) is 0.571. The van der Waals surface area contributed by atoms with Crippen LogP contribution in [0.3, 0.4) is 0 Å². The van der Waals surface area contributed by atoms with Crippen molar-refractivity contribution < 1.29 is 14.2 Å². The van der Waals surface area contributed by atoms with Gasteiger partial charge in [0.25, 0.3) is 0 Å². The standard InChI is InChI=1S/C14H15BrClN3O3/c1-6-9-10(22-14(2,3)21-9)13(20-6)19-4-7(15)8-11(16)17-5-18-12(8)19/h4-6,9-10,13H,1-3H3/t6-,9+,10+,13+/m0/s1. The lowest BCUT2D eigenvalue weighted by atomic mass is 10.1. The molecule has 0 radical (unpaired) electrons. The van der Waals surface area contributed by atoms with Crippen LogP contribution < -0.4 is 0 Å². The monoisotopic (exact) mass is 387 g/mol. The third-order valence-electron chi connectivity index (χ3n) is 4.05.